The Balaban J connectivity index is 2.24. The minimum absolute atomic E-state index is 0.187. The van der Waals surface area contributed by atoms with E-state index in [9.17, 15) is 18.5 Å². The van der Waals surface area contributed by atoms with Gasteiger partial charge in [0.25, 0.3) is 5.69 Å². The van der Waals surface area contributed by atoms with Crippen molar-refractivity contribution in [2.24, 2.45) is 0 Å². The summed E-state index contributed by atoms with van der Waals surface area (Å²) in [5.74, 6) is 0. The van der Waals surface area contributed by atoms with Crippen LogP contribution in [0.2, 0.25) is 0 Å². The number of nitrogens with one attached hydrogen (secondary N) is 1. The quantitative estimate of drug-likeness (QED) is 0.655. The smallest absolute Gasteiger partial charge is 0.289 e. The number of hydrogen-bond acceptors (Lipinski definition) is 5. The molecule has 0 amide bonds. The van der Waals surface area contributed by atoms with Crippen molar-refractivity contribution >= 4 is 15.7 Å². The van der Waals surface area contributed by atoms with Gasteiger partial charge in [0, 0.05) is 18.7 Å². The molecule has 0 spiro atoms. The van der Waals surface area contributed by atoms with Crippen molar-refractivity contribution in [3.63, 3.8) is 0 Å². The molecule has 110 valence electrons. The predicted molar refractivity (Wildman–Crippen MR) is 71.9 cm³/mol. The van der Waals surface area contributed by atoms with Crippen molar-refractivity contribution in [3.8, 4) is 0 Å². The number of hydrogen-bond donors (Lipinski definition) is 1. The number of nitrogens with zero attached hydrogens (tertiary/aromatic N) is 1. The third-order valence-electron chi connectivity index (χ3n) is 3.22. The predicted octanol–water partition coefficient (Wildman–Crippen LogP) is 1.44. The van der Waals surface area contributed by atoms with E-state index in [-0.39, 0.29) is 11.0 Å². The molecule has 0 aromatic heterocycles. The van der Waals surface area contributed by atoms with Crippen molar-refractivity contribution in [1.29, 1.82) is 0 Å². The average molecular weight is 300 g/mol. The van der Waals surface area contributed by atoms with Gasteiger partial charge in [0.15, 0.2) is 4.90 Å². The highest BCUT2D eigenvalue weighted by atomic mass is 32.2. The maximum absolute atomic E-state index is 12.3. The van der Waals surface area contributed by atoms with Gasteiger partial charge in [-0.2, -0.15) is 0 Å². The fourth-order valence-corrected chi connectivity index (χ4v) is 3.66. The van der Waals surface area contributed by atoms with Crippen LogP contribution in [0, 0.1) is 10.1 Å². The number of rotatable bonds is 5. The largest absolute Gasteiger partial charge is 0.377 e. The fourth-order valence-electron chi connectivity index (χ4n) is 2.22. The van der Waals surface area contributed by atoms with Crippen LogP contribution in [0.5, 0.6) is 0 Å². The van der Waals surface area contributed by atoms with E-state index < -0.39 is 26.7 Å². The van der Waals surface area contributed by atoms with Crippen LogP contribution < -0.4 is 4.72 Å². The molecule has 8 heteroatoms. The molecule has 1 aromatic carbocycles. The summed E-state index contributed by atoms with van der Waals surface area (Å²) >= 11 is 0. The lowest BCUT2D eigenvalue weighted by Gasteiger charge is -2.19. The lowest BCUT2D eigenvalue weighted by Crippen LogP contribution is -2.40. The van der Waals surface area contributed by atoms with E-state index >= 15 is 0 Å². The van der Waals surface area contributed by atoms with Gasteiger partial charge in [0.2, 0.25) is 10.0 Å². The Morgan fingerprint density at radius 3 is 2.75 bits per heavy atom. The molecule has 1 aromatic rings. The van der Waals surface area contributed by atoms with E-state index in [4.69, 9.17) is 4.74 Å². The van der Waals surface area contributed by atoms with E-state index in [1.807, 2.05) is 0 Å². The van der Waals surface area contributed by atoms with Gasteiger partial charge < -0.3 is 4.74 Å². The summed E-state index contributed by atoms with van der Waals surface area (Å²) in [6.45, 7) is 2.31. The topological polar surface area (TPSA) is 98.5 Å². The monoisotopic (exact) mass is 300 g/mol. The third-order valence-corrected chi connectivity index (χ3v) is 4.82. The molecule has 2 atom stereocenters. The lowest BCUT2D eigenvalue weighted by atomic mass is 10.1. The molecule has 1 heterocycles. The number of nitro benzene ring substituents is 1. The van der Waals surface area contributed by atoms with Crippen LogP contribution in [0.15, 0.2) is 29.2 Å². The molecule has 0 saturated carbocycles. The number of sulfonamides is 1. The van der Waals surface area contributed by atoms with Crippen LogP contribution in [0.4, 0.5) is 5.69 Å². The first-order chi connectivity index (χ1) is 9.42. The van der Waals surface area contributed by atoms with E-state index in [0.717, 1.165) is 12.8 Å². The normalized spacial score (nSPS) is 20.8. The highest BCUT2D eigenvalue weighted by Gasteiger charge is 2.30. The fraction of sp³-hybridized carbons (Fsp3) is 0.500. The molecule has 0 bridgehead atoms. The van der Waals surface area contributed by atoms with Crippen molar-refractivity contribution in [3.05, 3.63) is 34.4 Å². The Morgan fingerprint density at radius 1 is 1.45 bits per heavy atom. The van der Waals surface area contributed by atoms with Gasteiger partial charge in [-0.1, -0.05) is 12.1 Å². The van der Waals surface area contributed by atoms with Crippen LogP contribution in [-0.4, -0.2) is 32.1 Å². The molecule has 2 rings (SSSR count). The maximum atomic E-state index is 12.3. The average Bonchev–Trinajstić information content (AvgIpc) is 2.92. The molecule has 0 radical (unpaired) electrons. The summed E-state index contributed by atoms with van der Waals surface area (Å²) in [5, 5.41) is 10.9. The summed E-state index contributed by atoms with van der Waals surface area (Å²) in [5.41, 5.74) is -0.431. The van der Waals surface area contributed by atoms with E-state index in [2.05, 4.69) is 4.72 Å². The van der Waals surface area contributed by atoms with Crippen LogP contribution in [0.1, 0.15) is 19.8 Å². The molecular formula is C12H16N2O5S. The number of para-hydroxylation sites is 1. The molecular weight excluding hydrogens is 284 g/mol. The molecule has 0 aliphatic carbocycles. The van der Waals surface area contributed by atoms with Gasteiger partial charge in [-0.15, -0.1) is 0 Å². The minimum Gasteiger partial charge on any atom is -0.377 e. The van der Waals surface area contributed by atoms with Gasteiger partial charge in [-0.25, -0.2) is 13.1 Å². The lowest BCUT2D eigenvalue weighted by molar-refractivity contribution is -0.387. The van der Waals surface area contributed by atoms with Gasteiger partial charge in [-0.05, 0) is 25.8 Å². The summed E-state index contributed by atoms with van der Waals surface area (Å²) in [7, 11) is -3.94. The van der Waals surface area contributed by atoms with Crippen LogP contribution in [0.25, 0.3) is 0 Å². The van der Waals surface area contributed by atoms with Gasteiger partial charge >= 0.3 is 0 Å². The summed E-state index contributed by atoms with van der Waals surface area (Å²) in [6.07, 6.45) is 1.48. The van der Waals surface area contributed by atoms with Crippen molar-refractivity contribution in [2.75, 3.05) is 6.61 Å². The van der Waals surface area contributed by atoms with Gasteiger partial charge in [-0.3, -0.25) is 10.1 Å². The van der Waals surface area contributed by atoms with Crippen LogP contribution in [0.3, 0.4) is 0 Å². The Labute approximate surface area is 117 Å². The second-order valence-corrected chi connectivity index (χ2v) is 6.37. The zero-order valence-corrected chi connectivity index (χ0v) is 11.8. The van der Waals surface area contributed by atoms with Crippen LogP contribution >= 0.6 is 0 Å². The Bertz CT molecular complexity index is 596. The summed E-state index contributed by atoms with van der Waals surface area (Å²) in [4.78, 5) is 9.87. The van der Waals surface area contributed by atoms with E-state index in [1.165, 1.54) is 24.3 Å². The number of nitro groups is 1. The SMILES string of the molecule is C[C@@H](NS(=O)(=O)c1ccccc1[N+](=O)[O-])[C@@H]1CCCO1. The Hall–Kier alpha value is -1.51. The molecule has 0 unspecified atom stereocenters. The molecule has 1 fully saturated rings. The zero-order chi connectivity index (χ0) is 14.8. The molecule has 1 aliphatic rings. The maximum Gasteiger partial charge on any atom is 0.289 e. The zero-order valence-electron chi connectivity index (χ0n) is 11.0. The first kappa shape index (κ1) is 14.9. The van der Waals surface area contributed by atoms with Crippen molar-refractivity contribution < 1.29 is 18.1 Å². The second-order valence-electron chi connectivity index (χ2n) is 4.69. The Morgan fingerprint density at radius 2 is 2.15 bits per heavy atom. The highest BCUT2D eigenvalue weighted by Crippen LogP contribution is 2.24. The third kappa shape index (κ3) is 3.14. The van der Waals surface area contributed by atoms with Gasteiger partial charge in [0.05, 0.1) is 11.0 Å². The van der Waals surface area contributed by atoms with E-state index in [0.29, 0.717) is 6.61 Å². The molecule has 1 N–H and O–H groups in total. The van der Waals surface area contributed by atoms with E-state index in [1.54, 1.807) is 6.92 Å². The molecule has 1 saturated heterocycles. The standard InChI is InChI=1S/C12H16N2O5S/c1-9(11-6-4-8-19-11)13-20(17,18)12-7-3-2-5-10(12)14(15)16/h2-3,5,7,9,11,13H,4,6,8H2,1H3/t9-,11+/m1/s1. The summed E-state index contributed by atoms with van der Waals surface area (Å²) in [6, 6.07) is 4.86. The second kappa shape index (κ2) is 5.86. The molecule has 20 heavy (non-hydrogen) atoms. The first-order valence-corrected chi connectivity index (χ1v) is 7.77. The minimum atomic E-state index is -3.94. The number of ether oxygens (including phenoxy) is 1. The van der Waals surface area contributed by atoms with Crippen molar-refractivity contribution in [2.45, 2.75) is 36.8 Å². The van der Waals surface area contributed by atoms with Crippen molar-refractivity contribution in [1.82, 2.24) is 4.72 Å². The summed E-state index contributed by atoms with van der Waals surface area (Å²) < 4.78 is 32.4. The highest BCUT2D eigenvalue weighted by molar-refractivity contribution is 7.89. The Kier molecular flexibility index (Phi) is 4.36. The first-order valence-electron chi connectivity index (χ1n) is 6.29. The number of benzene rings is 1. The molecule has 7 nitrogen and oxygen atoms in total. The van der Waals surface area contributed by atoms with Crippen LogP contribution in [-0.2, 0) is 14.8 Å². The molecule has 1 aliphatic heterocycles. The van der Waals surface area contributed by atoms with Gasteiger partial charge in [0.1, 0.15) is 0 Å².